The van der Waals surface area contributed by atoms with E-state index in [4.69, 9.17) is 11.6 Å². The monoisotopic (exact) mass is 256 g/mol. The molecule has 0 spiro atoms. The molecule has 0 unspecified atom stereocenters. The molecule has 0 saturated heterocycles. The van der Waals surface area contributed by atoms with Crippen LogP contribution >= 0.6 is 11.6 Å². The van der Waals surface area contributed by atoms with Crippen LogP contribution in [0.15, 0.2) is 18.2 Å². The maximum Gasteiger partial charge on any atom is 0.573 e. The molecule has 1 rings (SSSR count). The van der Waals surface area contributed by atoms with Crippen molar-refractivity contribution >= 4 is 17.4 Å². The molecule has 0 amide bonds. The van der Waals surface area contributed by atoms with Crippen LogP contribution in [-0.2, 0) is 0 Å². The summed E-state index contributed by atoms with van der Waals surface area (Å²) in [7, 11) is 0. The summed E-state index contributed by atoms with van der Waals surface area (Å²) in [5, 5.41) is 0. The minimum absolute atomic E-state index is 0.535. The Morgan fingerprint density at radius 3 is 2.50 bits per heavy atom. The van der Waals surface area contributed by atoms with Crippen molar-refractivity contribution in [2.75, 3.05) is 5.88 Å². The van der Waals surface area contributed by atoms with Crippen LogP contribution in [0, 0.1) is 5.82 Å². The van der Waals surface area contributed by atoms with E-state index in [1.165, 1.54) is 0 Å². The second kappa shape index (κ2) is 4.69. The van der Waals surface area contributed by atoms with Gasteiger partial charge in [-0.2, -0.15) is 0 Å². The predicted octanol–water partition coefficient (Wildman–Crippen LogP) is 3.15. The smallest absolute Gasteiger partial charge is 0.402 e. The summed E-state index contributed by atoms with van der Waals surface area (Å²) in [4.78, 5) is 11.1. The summed E-state index contributed by atoms with van der Waals surface area (Å²) in [6.45, 7) is 0. The normalized spacial score (nSPS) is 11.3. The highest BCUT2D eigenvalue weighted by Gasteiger charge is 2.34. The quantitative estimate of drug-likeness (QED) is 0.472. The van der Waals surface area contributed by atoms with Crippen molar-refractivity contribution in [3.8, 4) is 5.75 Å². The van der Waals surface area contributed by atoms with Gasteiger partial charge >= 0.3 is 6.36 Å². The molecular weight excluding hydrogens is 252 g/mol. The number of hydrogen-bond donors (Lipinski definition) is 0. The SMILES string of the molecule is O=C(CCl)c1cccc(F)c1OC(F)(F)F. The van der Waals surface area contributed by atoms with Gasteiger partial charge in [0, 0.05) is 0 Å². The minimum atomic E-state index is -5.07. The number of rotatable bonds is 3. The van der Waals surface area contributed by atoms with Gasteiger partial charge < -0.3 is 4.74 Å². The molecule has 0 radical (unpaired) electrons. The molecule has 0 aliphatic carbocycles. The van der Waals surface area contributed by atoms with E-state index in [2.05, 4.69) is 4.74 Å². The topological polar surface area (TPSA) is 26.3 Å². The molecule has 0 saturated carbocycles. The van der Waals surface area contributed by atoms with Gasteiger partial charge in [-0.25, -0.2) is 4.39 Å². The lowest BCUT2D eigenvalue weighted by atomic mass is 10.1. The van der Waals surface area contributed by atoms with Crippen molar-refractivity contribution in [3.05, 3.63) is 29.6 Å². The molecule has 2 nitrogen and oxygen atoms in total. The van der Waals surface area contributed by atoms with Crippen LogP contribution in [0.1, 0.15) is 10.4 Å². The Balaban J connectivity index is 3.19. The summed E-state index contributed by atoms with van der Waals surface area (Å²) in [5.41, 5.74) is -0.535. The third kappa shape index (κ3) is 3.10. The van der Waals surface area contributed by atoms with Crippen LogP contribution in [0.2, 0.25) is 0 Å². The molecular formula is C9H5ClF4O2. The standard InChI is InChI=1S/C9H5ClF4O2/c10-4-7(15)5-2-1-3-6(11)8(5)16-9(12,13)14/h1-3H,4H2. The van der Waals surface area contributed by atoms with Gasteiger partial charge in [0.1, 0.15) is 0 Å². The van der Waals surface area contributed by atoms with Crippen molar-refractivity contribution < 1.29 is 27.1 Å². The average molecular weight is 257 g/mol. The van der Waals surface area contributed by atoms with E-state index >= 15 is 0 Å². The molecule has 0 aliphatic rings. The largest absolute Gasteiger partial charge is 0.573 e. The van der Waals surface area contributed by atoms with E-state index in [9.17, 15) is 22.4 Å². The first kappa shape index (κ1) is 12.8. The highest BCUT2D eigenvalue weighted by molar-refractivity contribution is 6.30. The van der Waals surface area contributed by atoms with E-state index in [1.54, 1.807) is 0 Å². The van der Waals surface area contributed by atoms with Gasteiger partial charge in [0.05, 0.1) is 11.4 Å². The van der Waals surface area contributed by atoms with Gasteiger partial charge in [0.25, 0.3) is 0 Å². The molecule has 0 N–H and O–H groups in total. The number of Topliss-reactive ketones (excluding diaryl/α,β-unsaturated/α-hetero) is 1. The maximum atomic E-state index is 13.1. The summed E-state index contributed by atoms with van der Waals surface area (Å²) in [6, 6.07) is 2.86. The van der Waals surface area contributed by atoms with E-state index in [-0.39, 0.29) is 0 Å². The molecule has 16 heavy (non-hydrogen) atoms. The van der Waals surface area contributed by atoms with Crippen molar-refractivity contribution in [2.24, 2.45) is 0 Å². The fraction of sp³-hybridized carbons (Fsp3) is 0.222. The highest BCUT2D eigenvalue weighted by atomic mass is 35.5. The second-order valence-corrected chi connectivity index (χ2v) is 2.99. The zero-order valence-electron chi connectivity index (χ0n) is 7.65. The zero-order valence-corrected chi connectivity index (χ0v) is 8.40. The van der Waals surface area contributed by atoms with Crippen LogP contribution in [-0.4, -0.2) is 18.0 Å². The minimum Gasteiger partial charge on any atom is -0.402 e. The zero-order chi connectivity index (χ0) is 12.3. The fourth-order valence-electron chi connectivity index (χ4n) is 1.02. The Hall–Kier alpha value is -1.30. The molecule has 7 heteroatoms. The van der Waals surface area contributed by atoms with Gasteiger partial charge in [-0.1, -0.05) is 6.07 Å². The predicted molar refractivity (Wildman–Crippen MR) is 48.1 cm³/mol. The van der Waals surface area contributed by atoms with Crippen LogP contribution in [0.5, 0.6) is 5.75 Å². The number of carbonyl (C=O) groups is 1. The molecule has 0 heterocycles. The first-order chi connectivity index (χ1) is 7.35. The van der Waals surface area contributed by atoms with E-state index in [1.807, 2.05) is 0 Å². The fourth-order valence-corrected chi connectivity index (χ4v) is 1.16. The third-order valence-electron chi connectivity index (χ3n) is 1.61. The van der Waals surface area contributed by atoms with Crippen molar-refractivity contribution in [2.45, 2.75) is 6.36 Å². The lowest BCUT2D eigenvalue weighted by molar-refractivity contribution is -0.275. The summed E-state index contributed by atoms with van der Waals surface area (Å²) in [5.74, 6) is -3.83. The molecule has 0 aliphatic heterocycles. The maximum absolute atomic E-state index is 13.1. The Morgan fingerprint density at radius 2 is 2.00 bits per heavy atom. The Labute approximate surface area is 92.8 Å². The van der Waals surface area contributed by atoms with Gasteiger partial charge in [0.15, 0.2) is 17.3 Å². The Kier molecular flexibility index (Phi) is 3.74. The number of carbonyl (C=O) groups excluding carboxylic acids is 1. The van der Waals surface area contributed by atoms with Gasteiger partial charge in [-0.05, 0) is 12.1 Å². The number of alkyl halides is 4. The molecule has 0 aromatic heterocycles. The van der Waals surface area contributed by atoms with Gasteiger partial charge in [-0.3, -0.25) is 4.79 Å². The van der Waals surface area contributed by atoms with Crippen LogP contribution < -0.4 is 4.74 Å². The second-order valence-electron chi connectivity index (χ2n) is 2.72. The lowest BCUT2D eigenvalue weighted by Gasteiger charge is -2.12. The van der Waals surface area contributed by atoms with Crippen molar-refractivity contribution in [1.29, 1.82) is 0 Å². The summed E-state index contributed by atoms with van der Waals surface area (Å²) >= 11 is 5.17. The first-order valence-corrected chi connectivity index (χ1v) is 4.52. The number of ether oxygens (including phenoxy) is 1. The molecule has 88 valence electrons. The number of ketones is 1. The number of hydrogen-bond acceptors (Lipinski definition) is 2. The molecule has 0 bridgehead atoms. The summed E-state index contributed by atoms with van der Waals surface area (Å²) < 4.78 is 52.3. The number of halogens is 5. The number of benzene rings is 1. The van der Waals surface area contributed by atoms with Gasteiger partial charge in [0.2, 0.25) is 0 Å². The van der Waals surface area contributed by atoms with E-state index in [0.717, 1.165) is 18.2 Å². The van der Waals surface area contributed by atoms with E-state index < -0.39 is 35.2 Å². The molecule has 1 aromatic carbocycles. The van der Waals surface area contributed by atoms with Gasteiger partial charge in [-0.15, -0.1) is 24.8 Å². The first-order valence-electron chi connectivity index (χ1n) is 3.98. The molecule has 1 aromatic rings. The van der Waals surface area contributed by atoms with Crippen LogP contribution in [0.4, 0.5) is 17.6 Å². The number of para-hydroxylation sites is 1. The third-order valence-corrected chi connectivity index (χ3v) is 1.85. The molecule has 0 fully saturated rings. The van der Waals surface area contributed by atoms with Crippen molar-refractivity contribution in [1.82, 2.24) is 0 Å². The Bertz CT molecular complexity index is 403. The van der Waals surface area contributed by atoms with Crippen LogP contribution in [0.3, 0.4) is 0 Å². The lowest BCUT2D eigenvalue weighted by Crippen LogP contribution is -2.20. The van der Waals surface area contributed by atoms with E-state index in [0.29, 0.717) is 0 Å². The summed E-state index contributed by atoms with van der Waals surface area (Å²) in [6.07, 6.45) is -5.07. The molecule has 0 atom stereocenters. The highest BCUT2D eigenvalue weighted by Crippen LogP contribution is 2.29. The average Bonchev–Trinajstić information content (AvgIpc) is 2.18. The van der Waals surface area contributed by atoms with Crippen molar-refractivity contribution in [3.63, 3.8) is 0 Å². The Morgan fingerprint density at radius 1 is 1.38 bits per heavy atom. The van der Waals surface area contributed by atoms with Crippen LogP contribution in [0.25, 0.3) is 0 Å².